The zero-order valence-corrected chi connectivity index (χ0v) is 12.9. The quantitative estimate of drug-likeness (QED) is 0.732. The number of tetrazole rings is 1. The van der Waals surface area contributed by atoms with Gasteiger partial charge in [0, 0.05) is 19.2 Å². The van der Waals surface area contributed by atoms with Gasteiger partial charge in [0.05, 0.1) is 6.61 Å². The molecule has 9 nitrogen and oxygen atoms in total. The number of aryl methyl sites for hydroxylation is 1. The normalized spacial score (nSPS) is 10.3. The predicted molar refractivity (Wildman–Crippen MR) is 81.4 cm³/mol. The van der Waals surface area contributed by atoms with Gasteiger partial charge in [0.25, 0.3) is 5.91 Å². The number of carbonyl (C=O) groups is 2. The van der Waals surface area contributed by atoms with Crippen molar-refractivity contribution in [3.63, 3.8) is 0 Å². The Hall–Kier alpha value is -2.81. The van der Waals surface area contributed by atoms with Crippen molar-refractivity contribution in [1.29, 1.82) is 0 Å². The molecule has 0 atom stereocenters. The molecule has 0 unspecified atom stereocenters. The third-order valence-electron chi connectivity index (χ3n) is 2.89. The molecule has 9 heteroatoms. The fourth-order valence-electron chi connectivity index (χ4n) is 1.73. The lowest BCUT2D eigenvalue weighted by molar-refractivity contribution is -0.121. The molecule has 23 heavy (non-hydrogen) atoms. The second-order valence-electron chi connectivity index (χ2n) is 4.81. The molecule has 0 bridgehead atoms. The Morgan fingerprint density at radius 2 is 2.00 bits per heavy atom. The van der Waals surface area contributed by atoms with Crippen LogP contribution in [-0.2, 0) is 16.1 Å². The molecule has 0 aliphatic carbocycles. The maximum absolute atomic E-state index is 11.7. The SMILES string of the molecule is COCCNC(=O)NC(=O)Cn1nnc(-c2ccc(C)cc2)n1. The number of ether oxygens (including phenoxy) is 1. The van der Waals surface area contributed by atoms with E-state index < -0.39 is 11.9 Å². The summed E-state index contributed by atoms with van der Waals surface area (Å²) >= 11 is 0. The molecule has 0 saturated carbocycles. The fraction of sp³-hybridized carbons (Fsp3) is 0.357. The van der Waals surface area contributed by atoms with Crippen LogP contribution in [0.1, 0.15) is 5.56 Å². The summed E-state index contributed by atoms with van der Waals surface area (Å²) in [6, 6.07) is 7.03. The summed E-state index contributed by atoms with van der Waals surface area (Å²) in [4.78, 5) is 24.3. The summed E-state index contributed by atoms with van der Waals surface area (Å²) in [6.45, 7) is 2.47. The summed E-state index contributed by atoms with van der Waals surface area (Å²) < 4.78 is 4.79. The summed E-state index contributed by atoms with van der Waals surface area (Å²) in [5.74, 6) is -0.116. The summed E-state index contributed by atoms with van der Waals surface area (Å²) in [6.07, 6.45) is 0. The van der Waals surface area contributed by atoms with E-state index in [-0.39, 0.29) is 6.54 Å². The molecule has 0 aliphatic rings. The number of carbonyl (C=O) groups excluding carboxylic acids is 2. The Morgan fingerprint density at radius 3 is 2.70 bits per heavy atom. The minimum atomic E-state index is -0.592. The van der Waals surface area contributed by atoms with Crippen molar-refractivity contribution >= 4 is 11.9 Å². The molecular formula is C14H18N6O3. The fourth-order valence-corrected chi connectivity index (χ4v) is 1.73. The van der Waals surface area contributed by atoms with E-state index in [9.17, 15) is 9.59 Å². The second kappa shape index (κ2) is 7.99. The lowest BCUT2D eigenvalue weighted by atomic mass is 10.1. The first-order valence-electron chi connectivity index (χ1n) is 7.00. The Kier molecular flexibility index (Phi) is 5.75. The van der Waals surface area contributed by atoms with Crippen molar-refractivity contribution in [3.8, 4) is 11.4 Å². The number of amides is 3. The Balaban J connectivity index is 1.87. The highest BCUT2D eigenvalue weighted by Gasteiger charge is 2.11. The van der Waals surface area contributed by atoms with E-state index in [0.29, 0.717) is 19.0 Å². The van der Waals surface area contributed by atoms with Crippen LogP contribution in [0, 0.1) is 6.92 Å². The average molecular weight is 318 g/mol. The largest absolute Gasteiger partial charge is 0.383 e. The van der Waals surface area contributed by atoms with E-state index in [1.54, 1.807) is 0 Å². The zero-order valence-electron chi connectivity index (χ0n) is 12.9. The first-order valence-corrected chi connectivity index (χ1v) is 7.00. The highest BCUT2D eigenvalue weighted by atomic mass is 16.5. The van der Waals surface area contributed by atoms with Crippen LogP contribution < -0.4 is 10.6 Å². The Morgan fingerprint density at radius 1 is 1.26 bits per heavy atom. The number of methoxy groups -OCH3 is 1. The number of hydrogen-bond acceptors (Lipinski definition) is 6. The molecule has 0 aliphatic heterocycles. The van der Waals surface area contributed by atoms with Crippen LogP contribution in [0.2, 0.25) is 0 Å². The molecule has 3 amide bonds. The molecule has 2 aromatic rings. The van der Waals surface area contributed by atoms with Gasteiger partial charge >= 0.3 is 6.03 Å². The topological polar surface area (TPSA) is 111 Å². The monoisotopic (exact) mass is 318 g/mol. The maximum Gasteiger partial charge on any atom is 0.321 e. The molecule has 0 spiro atoms. The lowest BCUT2D eigenvalue weighted by Crippen LogP contribution is -2.42. The van der Waals surface area contributed by atoms with Gasteiger partial charge in [0.15, 0.2) is 0 Å². The van der Waals surface area contributed by atoms with Crippen molar-refractivity contribution in [2.24, 2.45) is 0 Å². The third kappa shape index (κ3) is 5.15. The summed E-state index contributed by atoms with van der Waals surface area (Å²) in [5.41, 5.74) is 1.93. The van der Waals surface area contributed by atoms with Crippen molar-refractivity contribution in [1.82, 2.24) is 30.8 Å². The average Bonchev–Trinajstić information content (AvgIpc) is 2.96. The molecule has 1 heterocycles. The smallest absolute Gasteiger partial charge is 0.321 e. The van der Waals surface area contributed by atoms with Crippen LogP contribution in [0.25, 0.3) is 11.4 Å². The van der Waals surface area contributed by atoms with Gasteiger partial charge in [-0.05, 0) is 12.1 Å². The molecule has 1 aromatic heterocycles. The van der Waals surface area contributed by atoms with Crippen LogP contribution in [0.5, 0.6) is 0 Å². The van der Waals surface area contributed by atoms with E-state index in [4.69, 9.17) is 4.74 Å². The van der Waals surface area contributed by atoms with Gasteiger partial charge in [-0.25, -0.2) is 4.79 Å². The van der Waals surface area contributed by atoms with Gasteiger partial charge in [-0.15, -0.1) is 10.2 Å². The molecular weight excluding hydrogens is 300 g/mol. The van der Waals surface area contributed by atoms with Crippen LogP contribution in [0.3, 0.4) is 0 Å². The van der Waals surface area contributed by atoms with Crippen molar-refractivity contribution in [2.45, 2.75) is 13.5 Å². The molecule has 0 radical (unpaired) electrons. The van der Waals surface area contributed by atoms with Crippen LogP contribution in [0.4, 0.5) is 4.79 Å². The second-order valence-corrected chi connectivity index (χ2v) is 4.81. The number of imide groups is 1. The summed E-state index contributed by atoms with van der Waals surface area (Å²) in [7, 11) is 1.52. The van der Waals surface area contributed by atoms with Gasteiger partial charge in [-0.1, -0.05) is 29.8 Å². The van der Waals surface area contributed by atoms with Crippen LogP contribution >= 0.6 is 0 Å². The number of rotatable bonds is 6. The zero-order chi connectivity index (χ0) is 16.7. The van der Waals surface area contributed by atoms with E-state index in [1.165, 1.54) is 7.11 Å². The van der Waals surface area contributed by atoms with Gasteiger partial charge in [0.1, 0.15) is 6.54 Å². The third-order valence-corrected chi connectivity index (χ3v) is 2.89. The van der Waals surface area contributed by atoms with E-state index in [2.05, 4.69) is 26.0 Å². The first-order chi connectivity index (χ1) is 11.1. The Bertz CT molecular complexity index is 667. The molecule has 0 saturated heterocycles. The van der Waals surface area contributed by atoms with E-state index >= 15 is 0 Å². The minimum Gasteiger partial charge on any atom is -0.383 e. The van der Waals surface area contributed by atoms with Crippen LogP contribution in [-0.4, -0.2) is 52.4 Å². The number of urea groups is 1. The number of benzene rings is 1. The summed E-state index contributed by atoms with van der Waals surface area (Å²) in [5, 5.41) is 16.5. The number of nitrogens with one attached hydrogen (secondary N) is 2. The number of nitrogens with zero attached hydrogens (tertiary/aromatic N) is 4. The molecule has 1 aromatic carbocycles. The van der Waals surface area contributed by atoms with Crippen molar-refractivity contribution in [3.05, 3.63) is 29.8 Å². The van der Waals surface area contributed by atoms with Gasteiger partial charge in [-0.3, -0.25) is 10.1 Å². The highest BCUT2D eigenvalue weighted by molar-refractivity contribution is 5.94. The van der Waals surface area contributed by atoms with Crippen LogP contribution in [0.15, 0.2) is 24.3 Å². The standard InChI is InChI=1S/C14H18N6O3/c1-10-3-5-11(6-4-10)13-17-19-20(18-13)9-12(21)16-14(22)15-7-8-23-2/h3-6H,7-9H2,1-2H3,(H2,15,16,21,22). The number of aromatic nitrogens is 4. The van der Waals surface area contributed by atoms with Crippen molar-refractivity contribution < 1.29 is 14.3 Å². The molecule has 122 valence electrons. The molecule has 2 rings (SSSR count). The Labute approximate surface area is 133 Å². The van der Waals surface area contributed by atoms with Gasteiger partial charge in [0.2, 0.25) is 5.82 Å². The number of hydrogen-bond donors (Lipinski definition) is 2. The lowest BCUT2D eigenvalue weighted by Gasteiger charge is -2.05. The highest BCUT2D eigenvalue weighted by Crippen LogP contribution is 2.13. The van der Waals surface area contributed by atoms with Crippen molar-refractivity contribution in [2.75, 3.05) is 20.3 Å². The molecule has 2 N–H and O–H groups in total. The first kappa shape index (κ1) is 16.6. The predicted octanol–water partition coefficient (Wildman–Crippen LogP) is 0.121. The van der Waals surface area contributed by atoms with Gasteiger partial charge < -0.3 is 10.1 Å². The molecule has 0 fully saturated rings. The van der Waals surface area contributed by atoms with E-state index in [1.807, 2.05) is 31.2 Å². The van der Waals surface area contributed by atoms with E-state index in [0.717, 1.165) is 15.9 Å². The van der Waals surface area contributed by atoms with Gasteiger partial charge in [-0.2, -0.15) is 4.80 Å². The minimum absolute atomic E-state index is 0.198. The maximum atomic E-state index is 11.7.